The lowest BCUT2D eigenvalue weighted by atomic mass is 9.86. The van der Waals surface area contributed by atoms with E-state index in [9.17, 15) is 8.42 Å². The summed E-state index contributed by atoms with van der Waals surface area (Å²) in [5.74, 6) is 1.27. The van der Waals surface area contributed by atoms with Gasteiger partial charge in [-0.15, -0.1) is 24.0 Å². The zero-order valence-corrected chi connectivity index (χ0v) is 19.7. The Labute approximate surface area is 181 Å². The molecule has 0 heterocycles. The van der Waals surface area contributed by atoms with Crippen molar-refractivity contribution in [3.63, 3.8) is 0 Å². The summed E-state index contributed by atoms with van der Waals surface area (Å²) in [7, 11) is 0.426. The first-order chi connectivity index (χ1) is 12.4. The molecule has 1 aliphatic carbocycles. The van der Waals surface area contributed by atoms with E-state index >= 15 is 0 Å². The minimum Gasteiger partial charge on any atom is -0.355 e. The highest BCUT2D eigenvalue weighted by Gasteiger charge is 2.20. The molecule has 0 unspecified atom stereocenters. The molecule has 0 bridgehead atoms. The van der Waals surface area contributed by atoms with Crippen molar-refractivity contribution in [3.8, 4) is 0 Å². The second kappa shape index (κ2) is 11.9. The normalized spacial score (nSPS) is 15.0. The second-order valence-corrected chi connectivity index (χ2v) is 8.89. The molecule has 0 spiro atoms. The highest BCUT2D eigenvalue weighted by atomic mass is 127. The molecular weight excluding hydrogens is 475 g/mol. The van der Waals surface area contributed by atoms with Gasteiger partial charge >= 0.3 is 0 Å². The number of halogens is 1. The van der Waals surface area contributed by atoms with E-state index < -0.39 is 10.0 Å². The van der Waals surface area contributed by atoms with Crippen LogP contribution in [-0.4, -0.2) is 52.2 Å². The Hall–Kier alpha value is -0.870. The molecule has 1 saturated carbocycles. The van der Waals surface area contributed by atoms with Crippen LogP contribution in [-0.2, 0) is 23.0 Å². The van der Waals surface area contributed by atoms with E-state index in [1.807, 2.05) is 11.9 Å². The van der Waals surface area contributed by atoms with E-state index in [2.05, 4.69) is 46.2 Å². The van der Waals surface area contributed by atoms with Gasteiger partial charge in [0.1, 0.15) is 0 Å². The summed E-state index contributed by atoms with van der Waals surface area (Å²) in [6.07, 6.45) is 4.52. The molecule has 1 aromatic carbocycles. The summed E-state index contributed by atoms with van der Waals surface area (Å²) in [6, 6.07) is 8.52. The Balaban J connectivity index is 0.00000364. The topological polar surface area (TPSA) is 73.8 Å². The van der Waals surface area contributed by atoms with Crippen molar-refractivity contribution >= 4 is 40.0 Å². The standard InChI is InChI=1S/C19H32N4O2S.HI/c1-4-16-8-10-18(11-9-16)15-23(3)19(20-2)21-12-13-26(24,25)22-14-17-6-5-7-17;/h8-11,17,22H,4-7,12-15H2,1-3H3,(H,20,21);1H. The first-order valence-corrected chi connectivity index (χ1v) is 11.1. The number of hydrogen-bond acceptors (Lipinski definition) is 3. The van der Waals surface area contributed by atoms with Gasteiger partial charge in [-0.3, -0.25) is 4.99 Å². The number of hydrogen-bond donors (Lipinski definition) is 2. The van der Waals surface area contributed by atoms with Crippen LogP contribution in [0.5, 0.6) is 0 Å². The van der Waals surface area contributed by atoms with Crippen molar-refractivity contribution in [3.05, 3.63) is 35.4 Å². The van der Waals surface area contributed by atoms with Gasteiger partial charge in [0.25, 0.3) is 0 Å². The van der Waals surface area contributed by atoms with Crippen LogP contribution in [0.4, 0.5) is 0 Å². The van der Waals surface area contributed by atoms with Crippen molar-refractivity contribution in [2.24, 2.45) is 10.9 Å². The van der Waals surface area contributed by atoms with Crippen LogP contribution in [0.15, 0.2) is 29.3 Å². The lowest BCUT2D eigenvalue weighted by molar-refractivity contribution is 0.316. The number of aryl methyl sites for hydroxylation is 1. The number of nitrogens with zero attached hydrogens (tertiary/aromatic N) is 2. The van der Waals surface area contributed by atoms with E-state index in [1.165, 1.54) is 17.5 Å². The molecule has 0 aromatic heterocycles. The maximum Gasteiger partial charge on any atom is 0.213 e. The number of aliphatic imine (C=N–C) groups is 1. The molecule has 0 amide bonds. The molecule has 0 saturated heterocycles. The molecule has 0 atom stereocenters. The third-order valence-corrected chi connectivity index (χ3v) is 6.24. The fourth-order valence-corrected chi connectivity index (χ4v) is 3.93. The average Bonchev–Trinajstić information content (AvgIpc) is 2.57. The molecule has 1 aliphatic rings. The Bertz CT molecular complexity index is 688. The summed E-state index contributed by atoms with van der Waals surface area (Å²) < 4.78 is 26.8. The van der Waals surface area contributed by atoms with Crippen molar-refractivity contribution in [2.45, 2.75) is 39.2 Å². The van der Waals surface area contributed by atoms with Gasteiger partial charge in [-0.2, -0.15) is 0 Å². The molecule has 1 fully saturated rings. The molecule has 2 rings (SSSR count). The molecule has 27 heavy (non-hydrogen) atoms. The van der Waals surface area contributed by atoms with E-state index in [1.54, 1.807) is 7.05 Å². The molecule has 1 aromatic rings. The number of benzene rings is 1. The maximum absolute atomic E-state index is 12.1. The SMILES string of the molecule is CCc1ccc(CN(C)C(=NC)NCCS(=O)(=O)NCC2CCC2)cc1.I. The van der Waals surface area contributed by atoms with Gasteiger partial charge in [-0.1, -0.05) is 37.6 Å². The van der Waals surface area contributed by atoms with Crippen LogP contribution in [0, 0.1) is 5.92 Å². The lowest BCUT2D eigenvalue weighted by Gasteiger charge is -2.25. The number of nitrogens with one attached hydrogen (secondary N) is 2. The van der Waals surface area contributed by atoms with Crippen LogP contribution in [0.1, 0.15) is 37.3 Å². The van der Waals surface area contributed by atoms with Gasteiger partial charge < -0.3 is 10.2 Å². The predicted octanol–water partition coefficient (Wildman–Crippen LogP) is 2.59. The Kier molecular flexibility index (Phi) is 10.6. The Morgan fingerprint density at radius 2 is 1.85 bits per heavy atom. The van der Waals surface area contributed by atoms with Crippen LogP contribution in [0.25, 0.3) is 0 Å². The van der Waals surface area contributed by atoms with Crippen LogP contribution < -0.4 is 10.0 Å². The fourth-order valence-electron chi connectivity index (χ4n) is 2.92. The number of rotatable bonds is 9. The molecule has 154 valence electrons. The van der Waals surface area contributed by atoms with E-state index in [4.69, 9.17) is 0 Å². The van der Waals surface area contributed by atoms with Gasteiger partial charge in [0.05, 0.1) is 5.75 Å². The second-order valence-electron chi connectivity index (χ2n) is 6.96. The maximum atomic E-state index is 12.1. The summed E-state index contributed by atoms with van der Waals surface area (Å²) in [6.45, 7) is 3.77. The smallest absolute Gasteiger partial charge is 0.213 e. The summed E-state index contributed by atoms with van der Waals surface area (Å²) in [5, 5.41) is 3.14. The zero-order valence-electron chi connectivity index (χ0n) is 16.6. The highest BCUT2D eigenvalue weighted by Crippen LogP contribution is 2.25. The van der Waals surface area contributed by atoms with Gasteiger partial charge in [-0.05, 0) is 36.3 Å². The average molecular weight is 508 g/mol. The van der Waals surface area contributed by atoms with E-state index in [0.29, 0.717) is 25.0 Å². The van der Waals surface area contributed by atoms with Crippen molar-refractivity contribution in [1.82, 2.24) is 14.9 Å². The van der Waals surface area contributed by atoms with E-state index in [-0.39, 0.29) is 29.7 Å². The Morgan fingerprint density at radius 1 is 1.22 bits per heavy atom. The molecule has 2 N–H and O–H groups in total. The molecule has 6 nitrogen and oxygen atoms in total. The quantitative estimate of drug-likeness (QED) is 0.306. The van der Waals surface area contributed by atoms with E-state index in [0.717, 1.165) is 25.8 Å². The van der Waals surface area contributed by atoms with Gasteiger partial charge in [-0.25, -0.2) is 13.1 Å². The van der Waals surface area contributed by atoms with Gasteiger partial charge in [0.2, 0.25) is 10.0 Å². The summed E-state index contributed by atoms with van der Waals surface area (Å²) >= 11 is 0. The molecular formula is C19H33IN4O2S. The highest BCUT2D eigenvalue weighted by molar-refractivity contribution is 14.0. The number of sulfonamides is 1. The zero-order chi connectivity index (χ0) is 19.0. The first-order valence-electron chi connectivity index (χ1n) is 9.40. The van der Waals surface area contributed by atoms with Crippen LogP contribution >= 0.6 is 24.0 Å². The third kappa shape index (κ3) is 8.35. The predicted molar refractivity (Wildman–Crippen MR) is 123 cm³/mol. The molecule has 0 aliphatic heterocycles. The number of guanidine groups is 1. The third-order valence-electron chi connectivity index (χ3n) is 4.89. The minimum atomic E-state index is -3.24. The first kappa shape index (κ1) is 24.2. The largest absolute Gasteiger partial charge is 0.355 e. The summed E-state index contributed by atoms with van der Waals surface area (Å²) in [5.41, 5.74) is 2.51. The van der Waals surface area contributed by atoms with Gasteiger partial charge in [0.15, 0.2) is 5.96 Å². The van der Waals surface area contributed by atoms with Crippen LogP contribution in [0.3, 0.4) is 0 Å². The van der Waals surface area contributed by atoms with Crippen molar-refractivity contribution < 1.29 is 8.42 Å². The fraction of sp³-hybridized carbons (Fsp3) is 0.632. The molecule has 0 radical (unpaired) electrons. The van der Waals surface area contributed by atoms with Crippen molar-refractivity contribution in [2.75, 3.05) is 32.9 Å². The van der Waals surface area contributed by atoms with Crippen LogP contribution in [0.2, 0.25) is 0 Å². The minimum absolute atomic E-state index is 0. The summed E-state index contributed by atoms with van der Waals surface area (Å²) in [4.78, 5) is 6.25. The Morgan fingerprint density at radius 3 is 2.37 bits per heavy atom. The van der Waals surface area contributed by atoms with Gasteiger partial charge in [0, 0.05) is 33.7 Å². The molecule has 8 heteroatoms. The monoisotopic (exact) mass is 508 g/mol. The lowest BCUT2D eigenvalue weighted by Crippen LogP contribution is -2.42. The van der Waals surface area contributed by atoms with Crippen molar-refractivity contribution in [1.29, 1.82) is 0 Å².